The topological polar surface area (TPSA) is 32.3 Å². The van der Waals surface area contributed by atoms with Gasteiger partial charge in [0.05, 0.1) is 0 Å². The van der Waals surface area contributed by atoms with Gasteiger partial charge >= 0.3 is 0 Å². The lowest BCUT2D eigenvalue weighted by Crippen LogP contribution is -2.25. The van der Waals surface area contributed by atoms with Crippen LogP contribution in [0.3, 0.4) is 0 Å². The molecule has 86 valence electrons. The van der Waals surface area contributed by atoms with E-state index < -0.39 is 0 Å². The van der Waals surface area contributed by atoms with Crippen molar-refractivity contribution in [2.45, 2.75) is 26.3 Å². The molecule has 3 nitrogen and oxygen atoms in total. The van der Waals surface area contributed by atoms with Gasteiger partial charge in [-0.15, -0.1) is 0 Å². The number of amides is 1. The smallest absolute Gasteiger partial charge is 0.217 e. The summed E-state index contributed by atoms with van der Waals surface area (Å²) in [5.41, 5.74) is 3.92. The third-order valence-electron chi connectivity index (χ3n) is 3.04. The Morgan fingerprint density at radius 1 is 1.50 bits per heavy atom. The molecular formula is C13H18N2O. The van der Waals surface area contributed by atoms with E-state index in [1.165, 1.54) is 23.2 Å². The Balaban J connectivity index is 2.15. The van der Waals surface area contributed by atoms with Crippen LogP contribution in [0.4, 0.5) is 5.69 Å². The van der Waals surface area contributed by atoms with Crippen LogP contribution < -0.4 is 10.2 Å². The van der Waals surface area contributed by atoms with Crippen molar-refractivity contribution < 1.29 is 4.79 Å². The second-order valence-electron chi connectivity index (χ2n) is 4.40. The molecule has 0 saturated heterocycles. The Kier molecular flexibility index (Phi) is 3.13. The summed E-state index contributed by atoms with van der Waals surface area (Å²) in [4.78, 5) is 13.1. The number of rotatable bonds is 2. The van der Waals surface area contributed by atoms with E-state index >= 15 is 0 Å². The van der Waals surface area contributed by atoms with Crippen LogP contribution in [0.2, 0.25) is 0 Å². The van der Waals surface area contributed by atoms with Crippen LogP contribution in [0.15, 0.2) is 18.2 Å². The van der Waals surface area contributed by atoms with E-state index in [1.54, 1.807) is 6.92 Å². The summed E-state index contributed by atoms with van der Waals surface area (Å²) < 4.78 is 0. The van der Waals surface area contributed by atoms with E-state index in [1.807, 2.05) is 0 Å². The maximum Gasteiger partial charge on any atom is 0.217 e. The van der Waals surface area contributed by atoms with E-state index in [0.717, 1.165) is 13.0 Å². The van der Waals surface area contributed by atoms with Gasteiger partial charge in [-0.25, -0.2) is 0 Å². The Labute approximate surface area is 96.5 Å². The fourth-order valence-electron chi connectivity index (χ4n) is 2.18. The number of benzene rings is 1. The highest BCUT2D eigenvalue weighted by atomic mass is 16.1. The summed E-state index contributed by atoms with van der Waals surface area (Å²) in [6.07, 6.45) is 2.36. The minimum Gasteiger partial charge on any atom is -0.374 e. The van der Waals surface area contributed by atoms with E-state index in [4.69, 9.17) is 0 Å². The predicted molar refractivity (Wildman–Crippen MR) is 65.6 cm³/mol. The zero-order valence-electron chi connectivity index (χ0n) is 9.92. The number of nitrogens with zero attached hydrogens (tertiary/aromatic N) is 1. The third-order valence-corrected chi connectivity index (χ3v) is 3.04. The Bertz CT molecular complexity index is 401. The SMILES string of the molecule is CC(=O)NCc1ccc2c(c1)CCCN2C. The van der Waals surface area contributed by atoms with E-state index in [-0.39, 0.29) is 5.91 Å². The number of aryl methyl sites for hydroxylation is 1. The third kappa shape index (κ3) is 2.35. The molecule has 2 rings (SSSR count). The van der Waals surface area contributed by atoms with Crippen molar-refractivity contribution >= 4 is 11.6 Å². The summed E-state index contributed by atoms with van der Waals surface area (Å²) in [5.74, 6) is 0.0230. The molecule has 1 aliphatic rings. The highest BCUT2D eigenvalue weighted by Crippen LogP contribution is 2.26. The average Bonchev–Trinajstić information content (AvgIpc) is 2.26. The minimum absolute atomic E-state index is 0.0230. The molecule has 1 aromatic rings. The van der Waals surface area contributed by atoms with Crippen molar-refractivity contribution in [3.63, 3.8) is 0 Å². The Hall–Kier alpha value is -1.51. The Morgan fingerprint density at radius 2 is 2.31 bits per heavy atom. The molecule has 0 aromatic heterocycles. The number of fused-ring (bicyclic) bond motifs is 1. The first-order chi connectivity index (χ1) is 7.66. The van der Waals surface area contributed by atoms with Gasteiger partial charge in [0.25, 0.3) is 0 Å². The number of carbonyl (C=O) groups excluding carboxylic acids is 1. The second kappa shape index (κ2) is 4.56. The summed E-state index contributed by atoms with van der Waals surface area (Å²) in [6.45, 7) is 3.32. The zero-order chi connectivity index (χ0) is 11.5. The number of hydrogen-bond donors (Lipinski definition) is 1. The van der Waals surface area contributed by atoms with Crippen LogP contribution in [-0.2, 0) is 17.8 Å². The summed E-state index contributed by atoms with van der Waals surface area (Å²) >= 11 is 0. The molecule has 1 amide bonds. The van der Waals surface area contributed by atoms with E-state index in [0.29, 0.717) is 6.54 Å². The fraction of sp³-hybridized carbons (Fsp3) is 0.462. The van der Waals surface area contributed by atoms with Crippen LogP contribution in [-0.4, -0.2) is 19.5 Å². The largest absolute Gasteiger partial charge is 0.374 e. The number of nitrogens with one attached hydrogen (secondary N) is 1. The fourth-order valence-corrected chi connectivity index (χ4v) is 2.18. The molecule has 0 atom stereocenters. The standard InChI is InChI=1S/C13H18N2O/c1-10(16)14-9-11-5-6-13-12(8-11)4-3-7-15(13)2/h5-6,8H,3-4,7,9H2,1-2H3,(H,14,16). The van der Waals surface area contributed by atoms with Gasteiger partial charge in [-0.05, 0) is 30.0 Å². The highest BCUT2D eigenvalue weighted by molar-refractivity contribution is 5.72. The van der Waals surface area contributed by atoms with Gasteiger partial charge in [-0.3, -0.25) is 4.79 Å². The van der Waals surface area contributed by atoms with Crippen LogP contribution in [0.5, 0.6) is 0 Å². The first kappa shape index (κ1) is 11.0. The van der Waals surface area contributed by atoms with Crippen LogP contribution in [0.25, 0.3) is 0 Å². The molecule has 0 aliphatic carbocycles. The number of hydrogen-bond acceptors (Lipinski definition) is 2. The quantitative estimate of drug-likeness (QED) is 0.819. The van der Waals surface area contributed by atoms with Gasteiger partial charge < -0.3 is 10.2 Å². The Morgan fingerprint density at radius 3 is 3.06 bits per heavy atom. The first-order valence-electron chi connectivity index (χ1n) is 5.74. The maximum atomic E-state index is 10.8. The molecule has 0 radical (unpaired) electrons. The normalized spacial score (nSPS) is 14.5. The molecule has 1 heterocycles. The van der Waals surface area contributed by atoms with Gasteiger partial charge in [-0.2, -0.15) is 0 Å². The first-order valence-corrected chi connectivity index (χ1v) is 5.74. The molecule has 3 heteroatoms. The molecule has 1 N–H and O–H groups in total. The minimum atomic E-state index is 0.0230. The molecule has 1 aromatic carbocycles. The second-order valence-corrected chi connectivity index (χ2v) is 4.40. The van der Waals surface area contributed by atoms with Gasteiger partial charge in [0.15, 0.2) is 0 Å². The van der Waals surface area contributed by atoms with Crippen LogP contribution >= 0.6 is 0 Å². The lowest BCUT2D eigenvalue weighted by molar-refractivity contribution is -0.119. The lowest BCUT2D eigenvalue weighted by atomic mass is 9.99. The van der Waals surface area contributed by atoms with E-state index in [9.17, 15) is 4.79 Å². The summed E-state index contributed by atoms with van der Waals surface area (Å²) in [6, 6.07) is 6.46. The van der Waals surface area contributed by atoms with Gasteiger partial charge in [0, 0.05) is 32.7 Å². The van der Waals surface area contributed by atoms with Crippen molar-refractivity contribution in [1.29, 1.82) is 0 Å². The van der Waals surface area contributed by atoms with Gasteiger partial charge in [0.2, 0.25) is 5.91 Å². The highest BCUT2D eigenvalue weighted by Gasteiger charge is 2.13. The molecule has 16 heavy (non-hydrogen) atoms. The molecule has 0 bridgehead atoms. The van der Waals surface area contributed by atoms with Crippen molar-refractivity contribution in [1.82, 2.24) is 5.32 Å². The molecule has 0 spiro atoms. The molecule has 0 saturated carbocycles. The van der Waals surface area contributed by atoms with Gasteiger partial charge in [-0.1, -0.05) is 12.1 Å². The zero-order valence-corrected chi connectivity index (χ0v) is 9.92. The molecule has 0 fully saturated rings. The van der Waals surface area contributed by atoms with Crippen molar-refractivity contribution in [2.24, 2.45) is 0 Å². The number of carbonyl (C=O) groups is 1. The monoisotopic (exact) mass is 218 g/mol. The number of anilines is 1. The van der Waals surface area contributed by atoms with Gasteiger partial charge in [0.1, 0.15) is 0 Å². The molecule has 0 unspecified atom stereocenters. The van der Waals surface area contributed by atoms with Crippen molar-refractivity contribution in [2.75, 3.05) is 18.5 Å². The van der Waals surface area contributed by atoms with Crippen LogP contribution in [0.1, 0.15) is 24.5 Å². The molecular weight excluding hydrogens is 200 g/mol. The lowest BCUT2D eigenvalue weighted by Gasteiger charge is -2.27. The van der Waals surface area contributed by atoms with Crippen molar-refractivity contribution in [3.8, 4) is 0 Å². The van der Waals surface area contributed by atoms with Crippen molar-refractivity contribution in [3.05, 3.63) is 29.3 Å². The molecule has 1 aliphatic heterocycles. The van der Waals surface area contributed by atoms with Crippen LogP contribution in [0, 0.1) is 0 Å². The average molecular weight is 218 g/mol. The van der Waals surface area contributed by atoms with E-state index in [2.05, 4.69) is 35.5 Å². The summed E-state index contributed by atoms with van der Waals surface area (Å²) in [5, 5.41) is 2.83. The predicted octanol–water partition coefficient (Wildman–Crippen LogP) is 1.71. The summed E-state index contributed by atoms with van der Waals surface area (Å²) in [7, 11) is 2.13. The maximum absolute atomic E-state index is 10.8.